The van der Waals surface area contributed by atoms with Gasteiger partial charge in [-0.3, -0.25) is 0 Å². The molecule has 0 unspecified atom stereocenters. The summed E-state index contributed by atoms with van der Waals surface area (Å²) in [6.45, 7) is 0.234. The van der Waals surface area contributed by atoms with Crippen LogP contribution in [-0.4, -0.2) is 18.8 Å². The van der Waals surface area contributed by atoms with Crippen LogP contribution in [0.25, 0.3) is 0 Å². The van der Waals surface area contributed by atoms with Crippen molar-refractivity contribution >= 4 is 15.9 Å². The van der Waals surface area contributed by atoms with Crippen LogP contribution < -0.4 is 4.74 Å². The van der Waals surface area contributed by atoms with Crippen molar-refractivity contribution in [1.82, 2.24) is 0 Å². The molecule has 2 rings (SSSR count). The lowest BCUT2D eigenvalue weighted by Crippen LogP contribution is -2.12. The number of ether oxygens (including phenoxy) is 1. The average molecular weight is 257 g/mol. The fourth-order valence-corrected chi connectivity index (χ4v) is 2.49. The minimum absolute atomic E-state index is 0.0190. The molecule has 0 heterocycles. The van der Waals surface area contributed by atoms with Crippen molar-refractivity contribution in [2.45, 2.75) is 18.3 Å². The highest BCUT2D eigenvalue weighted by atomic mass is 79.9. The van der Waals surface area contributed by atoms with E-state index in [0.717, 1.165) is 23.1 Å². The molecular formula is C11H13BrO2. The molecule has 0 atom stereocenters. The van der Waals surface area contributed by atoms with Crippen molar-refractivity contribution in [2.24, 2.45) is 0 Å². The van der Waals surface area contributed by atoms with Crippen molar-refractivity contribution in [3.05, 3.63) is 28.2 Å². The molecule has 2 nitrogen and oxygen atoms in total. The molecule has 76 valence electrons. The monoisotopic (exact) mass is 256 g/mol. The zero-order valence-corrected chi connectivity index (χ0v) is 9.67. The molecular weight excluding hydrogens is 244 g/mol. The Balaban J connectivity index is 2.36. The van der Waals surface area contributed by atoms with Crippen molar-refractivity contribution in [1.29, 1.82) is 0 Å². The second-order valence-corrected chi connectivity index (χ2v) is 4.64. The van der Waals surface area contributed by atoms with E-state index in [9.17, 15) is 5.11 Å². The number of hydrogen-bond donors (Lipinski definition) is 1. The molecule has 1 saturated carbocycles. The number of benzene rings is 1. The summed E-state index contributed by atoms with van der Waals surface area (Å²) in [5.74, 6) is 0.842. The van der Waals surface area contributed by atoms with Crippen LogP contribution >= 0.6 is 15.9 Å². The molecule has 14 heavy (non-hydrogen) atoms. The van der Waals surface area contributed by atoms with E-state index in [1.165, 1.54) is 5.56 Å². The largest absolute Gasteiger partial charge is 0.497 e. The Morgan fingerprint density at radius 3 is 2.64 bits per heavy atom. The Hall–Kier alpha value is -0.540. The molecule has 0 aromatic heterocycles. The number of halogens is 1. The van der Waals surface area contributed by atoms with Gasteiger partial charge in [0.2, 0.25) is 0 Å². The SMILES string of the molecule is COc1ccc(C2(CO)CC2)c(Br)c1. The maximum atomic E-state index is 9.31. The maximum Gasteiger partial charge on any atom is 0.120 e. The predicted molar refractivity (Wildman–Crippen MR) is 58.7 cm³/mol. The van der Waals surface area contributed by atoms with E-state index in [0.29, 0.717) is 0 Å². The van der Waals surface area contributed by atoms with Gasteiger partial charge >= 0.3 is 0 Å². The van der Waals surface area contributed by atoms with Gasteiger partial charge in [0.05, 0.1) is 13.7 Å². The third-order valence-electron chi connectivity index (χ3n) is 2.90. The molecule has 1 aliphatic rings. The van der Waals surface area contributed by atoms with E-state index in [2.05, 4.69) is 15.9 Å². The fraction of sp³-hybridized carbons (Fsp3) is 0.455. The summed E-state index contributed by atoms with van der Waals surface area (Å²) in [6, 6.07) is 5.92. The molecule has 1 N–H and O–H groups in total. The van der Waals surface area contributed by atoms with E-state index in [-0.39, 0.29) is 12.0 Å². The smallest absolute Gasteiger partial charge is 0.120 e. The number of aliphatic hydroxyl groups excluding tert-OH is 1. The van der Waals surface area contributed by atoms with Crippen LogP contribution in [0.4, 0.5) is 0 Å². The summed E-state index contributed by atoms with van der Waals surface area (Å²) < 4.78 is 6.16. The van der Waals surface area contributed by atoms with Gasteiger partial charge in [-0.2, -0.15) is 0 Å². The third kappa shape index (κ3) is 1.55. The Morgan fingerprint density at radius 2 is 2.21 bits per heavy atom. The second-order valence-electron chi connectivity index (χ2n) is 3.78. The Labute approximate surface area is 92.0 Å². The van der Waals surface area contributed by atoms with Crippen molar-refractivity contribution in [3.8, 4) is 5.75 Å². The van der Waals surface area contributed by atoms with Crippen LogP contribution in [0.5, 0.6) is 5.75 Å². The molecule has 1 aliphatic carbocycles. The summed E-state index contributed by atoms with van der Waals surface area (Å²) in [5, 5.41) is 9.31. The van der Waals surface area contributed by atoms with Gasteiger partial charge < -0.3 is 9.84 Å². The molecule has 1 fully saturated rings. The Kier molecular flexibility index (Phi) is 2.54. The average Bonchev–Trinajstić information content (AvgIpc) is 2.98. The van der Waals surface area contributed by atoms with Gasteiger partial charge in [0, 0.05) is 9.89 Å². The second kappa shape index (κ2) is 3.55. The first-order valence-corrected chi connectivity index (χ1v) is 5.46. The standard InChI is InChI=1S/C11H13BrO2/c1-14-8-2-3-9(10(12)6-8)11(7-13)4-5-11/h2-3,6,13H,4-5,7H2,1H3. The summed E-state index contributed by atoms with van der Waals surface area (Å²) in [6.07, 6.45) is 2.16. The quantitative estimate of drug-likeness (QED) is 0.901. The van der Waals surface area contributed by atoms with Crippen molar-refractivity contribution < 1.29 is 9.84 Å². The van der Waals surface area contributed by atoms with Crippen molar-refractivity contribution in [2.75, 3.05) is 13.7 Å². The van der Waals surface area contributed by atoms with Gasteiger partial charge in [-0.25, -0.2) is 0 Å². The lowest BCUT2D eigenvalue weighted by Gasteiger charge is -2.14. The van der Waals surface area contributed by atoms with Gasteiger partial charge in [0.25, 0.3) is 0 Å². The fourth-order valence-electron chi connectivity index (χ4n) is 1.72. The minimum atomic E-state index is 0.0190. The summed E-state index contributed by atoms with van der Waals surface area (Å²) >= 11 is 3.51. The van der Waals surface area contributed by atoms with E-state index in [1.807, 2.05) is 18.2 Å². The third-order valence-corrected chi connectivity index (χ3v) is 3.56. The number of hydrogen-bond acceptors (Lipinski definition) is 2. The molecule has 1 aromatic rings. The van der Waals surface area contributed by atoms with Gasteiger partial charge in [-0.15, -0.1) is 0 Å². The Morgan fingerprint density at radius 1 is 1.50 bits per heavy atom. The zero-order chi connectivity index (χ0) is 10.2. The molecule has 1 aromatic carbocycles. The van der Waals surface area contributed by atoms with Gasteiger partial charge in [0.1, 0.15) is 5.75 Å². The summed E-state index contributed by atoms with van der Waals surface area (Å²) in [4.78, 5) is 0. The van der Waals surface area contributed by atoms with Gasteiger partial charge in [-0.1, -0.05) is 22.0 Å². The van der Waals surface area contributed by atoms with Crippen LogP contribution in [0, 0.1) is 0 Å². The molecule has 0 radical (unpaired) electrons. The van der Waals surface area contributed by atoms with Gasteiger partial charge in [-0.05, 0) is 30.5 Å². The van der Waals surface area contributed by atoms with Crippen LogP contribution in [0.2, 0.25) is 0 Å². The summed E-state index contributed by atoms with van der Waals surface area (Å²) in [5.41, 5.74) is 1.21. The highest BCUT2D eigenvalue weighted by molar-refractivity contribution is 9.10. The van der Waals surface area contributed by atoms with Gasteiger partial charge in [0.15, 0.2) is 0 Å². The molecule has 0 saturated heterocycles. The molecule has 0 aliphatic heterocycles. The lowest BCUT2D eigenvalue weighted by atomic mass is 9.97. The number of rotatable bonds is 3. The Bertz CT molecular complexity index is 345. The van der Waals surface area contributed by atoms with Crippen LogP contribution in [0.1, 0.15) is 18.4 Å². The van der Waals surface area contributed by atoms with Crippen LogP contribution in [-0.2, 0) is 5.41 Å². The van der Waals surface area contributed by atoms with E-state index in [4.69, 9.17) is 4.74 Å². The minimum Gasteiger partial charge on any atom is -0.497 e. The molecule has 0 bridgehead atoms. The van der Waals surface area contributed by atoms with E-state index in [1.54, 1.807) is 7.11 Å². The number of aliphatic hydroxyl groups is 1. The van der Waals surface area contributed by atoms with Crippen LogP contribution in [0.3, 0.4) is 0 Å². The van der Waals surface area contributed by atoms with Crippen molar-refractivity contribution in [3.63, 3.8) is 0 Å². The molecule has 0 amide bonds. The highest BCUT2D eigenvalue weighted by Gasteiger charge is 2.44. The topological polar surface area (TPSA) is 29.5 Å². The maximum absolute atomic E-state index is 9.31. The molecule has 0 spiro atoms. The van der Waals surface area contributed by atoms with Crippen LogP contribution in [0.15, 0.2) is 22.7 Å². The first-order chi connectivity index (χ1) is 6.72. The normalized spacial score (nSPS) is 17.9. The number of methoxy groups -OCH3 is 1. The zero-order valence-electron chi connectivity index (χ0n) is 8.09. The highest BCUT2D eigenvalue weighted by Crippen LogP contribution is 2.50. The first-order valence-electron chi connectivity index (χ1n) is 4.67. The van der Waals surface area contributed by atoms with E-state index < -0.39 is 0 Å². The lowest BCUT2D eigenvalue weighted by molar-refractivity contribution is 0.254. The predicted octanol–water partition coefficient (Wildman–Crippen LogP) is 2.48. The molecule has 3 heteroatoms. The summed E-state index contributed by atoms with van der Waals surface area (Å²) in [7, 11) is 1.65. The van der Waals surface area contributed by atoms with E-state index >= 15 is 0 Å². The first kappa shape index (κ1) is 9.99.